The number of aliphatic hydroxyl groups is 1. The van der Waals surface area contributed by atoms with Gasteiger partial charge in [0.15, 0.2) is 11.5 Å². The second-order valence-electron chi connectivity index (χ2n) is 10.2. The maximum absolute atomic E-state index is 12.6. The summed E-state index contributed by atoms with van der Waals surface area (Å²) in [5, 5.41) is 15.3. The summed E-state index contributed by atoms with van der Waals surface area (Å²) in [6.07, 6.45) is 7.27. The number of piperidine rings is 2. The number of carbonyl (C=O) groups is 2. The number of hydrogen-bond donors (Lipinski definition) is 3. The molecule has 3 heterocycles. The van der Waals surface area contributed by atoms with E-state index in [9.17, 15) is 14.7 Å². The molecule has 34 heavy (non-hydrogen) atoms. The number of hydrazine groups is 1. The SMILES string of the molecule is CN1CC[C@]23c4c5ccc(OC(=O)NCC(=O)NN6CCCCC6)c4O[C@H]2[C@@H](O)C=CC3C1C5. The van der Waals surface area contributed by atoms with Gasteiger partial charge >= 0.3 is 6.09 Å². The van der Waals surface area contributed by atoms with Gasteiger partial charge < -0.3 is 24.8 Å². The van der Waals surface area contributed by atoms with E-state index in [2.05, 4.69) is 28.8 Å². The van der Waals surface area contributed by atoms with Gasteiger partial charge in [-0.2, -0.15) is 0 Å². The van der Waals surface area contributed by atoms with Crippen molar-refractivity contribution in [3.05, 3.63) is 35.4 Å². The second kappa shape index (κ2) is 8.25. The molecule has 2 saturated heterocycles. The molecule has 0 saturated carbocycles. The quantitative estimate of drug-likeness (QED) is 0.569. The van der Waals surface area contributed by atoms with E-state index in [1.807, 2.05) is 17.2 Å². The van der Waals surface area contributed by atoms with Crippen molar-refractivity contribution < 1.29 is 24.2 Å². The van der Waals surface area contributed by atoms with Gasteiger partial charge in [-0.15, -0.1) is 0 Å². The molecule has 9 nitrogen and oxygen atoms in total. The van der Waals surface area contributed by atoms with E-state index in [-0.39, 0.29) is 23.8 Å². The number of amides is 2. The Morgan fingerprint density at radius 2 is 2.03 bits per heavy atom. The van der Waals surface area contributed by atoms with Crippen LogP contribution in [0, 0.1) is 5.92 Å². The third-order valence-corrected chi connectivity index (χ3v) is 8.37. The van der Waals surface area contributed by atoms with Crippen molar-refractivity contribution in [3.63, 3.8) is 0 Å². The number of carbonyl (C=O) groups excluding carboxylic acids is 2. The molecule has 2 aliphatic carbocycles. The van der Waals surface area contributed by atoms with Gasteiger partial charge in [0, 0.05) is 36.0 Å². The topological polar surface area (TPSA) is 103 Å². The van der Waals surface area contributed by atoms with E-state index >= 15 is 0 Å². The molecule has 2 amide bonds. The zero-order chi connectivity index (χ0) is 23.4. The van der Waals surface area contributed by atoms with E-state index in [1.54, 1.807) is 6.07 Å². The number of aliphatic hydroxyl groups excluding tert-OH is 1. The maximum atomic E-state index is 12.6. The summed E-state index contributed by atoms with van der Waals surface area (Å²) in [7, 11) is 2.16. The van der Waals surface area contributed by atoms with Crippen LogP contribution in [0.2, 0.25) is 0 Å². The van der Waals surface area contributed by atoms with Gasteiger partial charge in [0.25, 0.3) is 5.91 Å². The van der Waals surface area contributed by atoms with E-state index < -0.39 is 18.3 Å². The Balaban J connectivity index is 1.20. The maximum Gasteiger partial charge on any atom is 0.413 e. The Hall–Kier alpha value is -2.62. The van der Waals surface area contributed by atoms with Crippen LogP contribution in [0.25, 0.3) is 0 Å². The third kappa shape index (κ3) is 3.32. The van der Waals surface area contributed by atoms with E-state index in [0.29, 0.717) is 17.5 Å². The second-order valence-corrected chi connectivity index (χ2v) is 10.2. The Bertz CT molecular complexity index is 1040. The molecule has 0 radical (unpaired) electrons. The Morgan fingerprint density at radius 1 is 1.21 bits per heavy atom. The molecule has 0 aromatic heterocycles. The fourth-order valence-electron chi connectivity index (χ4n) is 6.82. The molecule has 182 valence electrons. The Morgan fingerprint density at radius 3 is 2.85 bits per heavy atom. The fraction of sp³-hybridized carbons (Fsp3) is 0.600. The average Bonchev–Trinajstić information content (AvgIpc) is 3.19. The molecule has 3 aliphatic heterocycles. The smallest absolute Gasteiger partial charge is 0.413 e. The third-order valence-electron chi connectivity index (χ3n) is 8.37. The summed E-state index contributed by atoms with van der Waals surface area (Å²) in [5.41, 5.74) is 4.80. The molecule has 1 aromatic rings. The molecule has 1 aromatic carbocycles. The van der Waals surface area contributed by atoms with Gasteiger partial charge in [0.05, 0.1) is 0 Å². The summed E-state index contributed by atoms with van der Waals surface area (Å²) in [4.78, 5) is 27.2. The van der Waals surface area contributed by atoms with Crippen LogP contribution in [-0.2, 0) is 16.6 Å². The molecule has 2 unspecified atom stereocenters. The Kier molecular flexibility index (Phi) is 5.31. The highest BCUT2D eigenvalue weighted by atomic mass is 16.6. The zero-order valence-corrected chi connectivity index (χ0v) is 19.5. The van der Waals surface area contributed by atoms with Crippen molar-refractivity contribution in [2.24, 2.45) is 5.92 Å². The standard InChI is InChI=1S/C25H32N4O5/c1-28-12-9-25-16-6-7-18(30)23(25)34-22-19(8-5-15(21(22)25)13-17(16)28)33-24(32)26-14-20(31)27-29-10-3-2-4-11-29/h5-8,16-18,23,30H,2-4,9-14H2,1H3,(H,26,32)(H,27,31)/t16?,17?,18-,23-,25-/m0/s1. The summed E-state index contributed by atoms with van der Waals surface area (Å²) in [5.74, 6) is 0.867. The monoisotopic (exact) mass is 468 g/mol. The number of rotatable bonds is 4. The van der Waals surface area contributed by atoms with Crippen LogP contribution < -0.4 is 20.2 Å². The summed E-state index contributed by atoms with van der Waals surface area (Å²) in [6, 6.07) is 4.15. The van der Waals surface area contributed by atoms with Crippen molar-refractivity contribution in [2.75, 3.05) is 33.2 Å². The first-order chi connectivity index (χ1) is 16.5. The highest BCUT2D eigenvalue weighted by Crippen LogP contribution is 2.62. The van der Waals surface area contributed by atoms with Crippen LogP contribution in [-0.4, -0.2) is 78.5 Å². The van der Waals surface area contributed by atoms with Crippen LogP contribution in [0.3, 0.4) is 0 Å². The first-order valence-electron chi connectivity index (χ1n) is 12.4. The molecule has 2 fully saturated rings. The molecule has 2 bridgehead atoms. The fourth-order valence-corrected chi connectivity index (χ4v) is 6.82. The minimum Gasteiger partial charge on any atom is -0.482 e. The lowest BCUT2D eigenvalue weighted by Crippen LogP contribution is -2.64. The molecule has 1 spiro atoms. The first-order valence-corrected chi connectivity index (χ1v) is 12.4. The van der Waals surface area contributed by atoms with Crippen LogP contribution in [0.4, 0.5) is 4.79 Å². The number of nitrogens with one attached hydrogen (secondary N) is 2. The van der Waals surface area contributed by atoms with Crippen LogP contribution in [0.1, 0.15) is 36.8 Å². The molecule has 5 aliphatic rings. The van der Waals surface area contributed by atoms with Gasteiger partial charge in [0.2, 0.25) is 0 Å². The van der Waals surface area contributed by atoms with Crippen molar-refractivity contribution >= 4 is 12.0 Å². The number of hydrogen-bond acceptors (Lipinski definition) is 7. The number of benzene rings is 1. The number of nitrogens with zero attached hydrogens (tertiary/aromatic N) is 2. The predicted octanol–water partition coefficient (Wildman–Crippen LogP) is 1.10. The van der Waals surface area contributed by atoms with Gasteiger partial charge in [-0.25, -0.2) is 9.80 Å². The van der Waals surface area contributed by atoms with E-state index in [1.165, 1.54) is 12.0 Å². The lowest BCUT2D eigenvalue weighted by molar-refractivity contribution is -0.125. The largest absolute Gasteiger partial charge is 0.482 e. The lowest BCUT2D eigenvalue weighted by Gasteiger charge is -2.56. The van der Waals surface area contributed by atoms with Crippen LogP contribution in [0.15, 0.2) is 24.3 Å². The Labute approximate surface area is 199 Å². The van der Waals surface area contributed by atoms with Gasteiger partial charge in [-0.05, 0) is 50.9 Å². The minimum absolute atomic E-state index is 0.165. The van der Waals surface area contributed by atoms with Crippen LogP contribution >= 0.6 is 0 Å². The summed E-state index contributed by atoms with van der Waals surface area (Å²) < 4.78 is 12.0. The van der Waals surface area contributed by atoms with Crippen molar-refractivity contribution in [1.82, 2.24) is 20.7 Å². The molecular formula is C25H32N4O5. The van der Waals surface area contributed by atoms with Gasteiger partial charge in [0.1, 0.15) is 18.8 Å². The summed E-state index contributed by atoms with van der Waals surface area (Å²) in [6.45, 7) is 2.42. The normalized spacial score (nSPS) is 33.6. The molecule has 9 heteroatoms. The van der Waals surface area contributed by atoms with Crippen molar-refractivity contribution in [3.8, 4) is 11.5 Å². The molecular weight excluding hydrogens is 436 g/mol. The van der Waals surface area contributed by atoms with Gasteiger partial charge in [-0.1, -0.05) is 24.6 Å². The first kappa shape index (κ1) is 21.9. The predicted molar refractivity (Wildman–Crippen MR) is 124 cm³/mol. The number of ether oxygens (including phenoxy) is 2. The molecule has 3 N–H and O–H groups in total. The van der Waals surface area contributed by atoms with Crippen molar-refractivity contribution in [2.45, 2.75) is 55.8 Å². The highest BCUT2D eigenvalue weighted by Gasteiger charge is 2.64. The lowest BCUT2D eigenvalue weighted by atomic mass is 9.53. The van der Waals surface area contributed by atoms with Gasteiger partial charge in [-0.3, -0.25) is 10.2 Å². The highest BCUT2D eigenvalue weighted by molar-refractivity contribution is 5.82. The summed E-state index contributed by atoms with van der Waals surface area (Å²) >= 11 is 0. The van der Waals surface area contributed by atoms with Crippen molar-refractivity contribution in [1.29, 1.82) is 0 Å². The average molecular weight is 469 g/mol. The van der Waals surface area contributed by atoms with E-state index in [0.717, 1.165) is 50.9 Å². The zero-order valence-electron chi connectivity index (χ0n) is 19.5. The van der Waals surface area contributed by atoms with E-state index in [4.69, 9.17) is 9.47 Å². The number of likely N-dealkylation sites (tertiary alicyclic amines) is 1. The molecule has 5 atom stereocenters. The molecule has 6 rings (SSSR count). The number of likely N-dealkylation sites (N-methyl/N-ethyl adjacent to an activating group) is 1. The van der Waals surface area contributed by atoms with Crippen LogP contribution in [0.5, 0.6) is 11.5 Å². The minimum atomic E-state index is -0.709.